The zero-order chi connectivity index (χ0) is 66.7. The van der Waals surface area contributed by atoms with Crippen LogP contribution in [0.4, 0.5) is 0 Å². The highest BCUT2D eigenvalue weighted by Gasteiger charge is 2.21. The number of para-hydroxylation sites is 6. The molecule has 0 atom stereocenters. The van der Waals surface area contributed by atoms with E-state index in [-0.39, 0.29) is 0 Å². The van der Waals surface area contributed by atoms with Gasteiger partial charge in [-0.3, -0.25) is 0 Å². The van der Waals surface area contributed by atoms with Gasteiger partial charge >= 0.3 is 0 Å². The van der Waals surface area contributed by atoms with Gasteiger partial charge in [-0.05, 0) is 197 Å². The summed E-state index contributed by atoms with van der Waals surface area (Å²) in [6, 6.07) is 119. The van der Waals surface area contributed by atoms with Crippen LogP contribution in [-0.4, -0.2) is 23.7 Å². The minimum Gasteiger partial charge on any atom is -0.456 e. The van der Waals surface area contributed by atoms with Gasteiger partial charge in [-0.2, -0.15) is 0 Å². The number of fused-ring (bicyclic) bond motifs is 18. The van der Waals surface area contributed by atoms with E-state index in [4.69, 9.17) is 23.2 Å². The Balaban J connectivity index is 0.637. The van der Waals surface area contributed by atoms with Crippen molar-refractivity contribution in [1.82, 2.24) is 23.7 Å². The lowest BCUT2D eigenvalue weighted by Crippen LogP contribution is -1.98. The van der Waals surface area contributed by atoms with Crippen molar-refractivity contribution >= 4 is 131 Å². The highest BCUT2D eigenvalue weighted by atomic mass is 16.3. The van der Waals surface area contributed by atoms with Crippen molar-refractivity contribution in [2.75, 3.05) is 0 Å². The van der Waals surface area contributed by atoms with Crippen LogP contribution in [0.5, 0.6) is 0 Å². The van der Waals surface area contributed by atoms with Crippen molar-refractivity contribution in [3.63, 3.8) is 0 Å². The van der Waals surface area contributed by atoms with Gasteiger partial charge in [-0.1, -0.05) is 170 Å². The van der Waals surface area contributed by atoms with E-state index in [1.165, 1.54) is 32.3 Å². The fraction of sp³-hybridized carbons (Fsp3) is 0. The van der Waals surface area contributed by atoms with E-state index in [0.29, 0.717) is 5.82 Å². The van der Waals surface area contributed by atoms with E-state index < -0.39 is 0 Å². The summed E-state index contributed by atoms with van der Waals surface area (Å²) >= 11 is 0. The van der Waals surface area contributed by atoms with Crippen molar-refractivity contribution in [3.05, 3.63) is 334 Å². The Labute approximate surface area is 582 Å². The molecule has 0 aliphatic carbocycles. The Morgan fingerprint density at radius 1 is 0.176 bits per heavy atom. The zero-order valence-electron chi connectivity index (χ0n) is 54.7. The Morgan fingerprint density at radius 2 is 0.431 bits per heavy atom. The van der Waals surface area contributed by atoms with Crippen LogP contribution in [0.3, 0.4) is 0 Å². The molecule has 474 valence electrons. The molecular weight excluding hydrogens is 1250 g/mol. The van der Waals surface area contributed by atoms with E-state index in [1.54, 1.807) is 0 Å². The summed E-state index contributed by atoms with van der Waals surface area (Å²) < 4.78 is 26.2. The minimum atomic E-state index is 0.630. The van der Waals surface area contributed by atoms with Crippen molar-refractivity contribution in [2.24, 2.45) is 0 Å². The van der Waals surface area contributed by atoms with Gasteiger partial charge in [-0.25, -0.2) is 9.97 Å². The molecule has 0 radical (unpaired) electrons. The summed E-state index contributed by atoms with van der Waals surface area (Å²) in [5.74, 6) is 0.630. The molecule has 0 spiro atoms. The highest BCUT2D eigenvalue weighted by molar-refractivity contribution is 6.15. The summed E-state index contributed by atoms with van der Waals surface area (Å²) in [5.41, 5.74) is 26.5. The molecule has 0 bridgehead atoms. The number of rotatable bonds is 9. The monoisotopic (exact) mass is 1300 g/mol. The second kappa shape index (κ2) is 21.8. The summed E-state index contributed by atoms with van der Waals surface area (Å²) in [5, 5.41) is 13.8. The summed E-state index contributed by atoms with van der Waals surface area (Å²) in [6.45, 7) is 0. The molecule has 0 unspecified atom stereocenters. The molecule has 0 amide bonds. The third-order valence-electron chi connectivity index (χ3n) is 21.1. The minimum absolute atomic E-state index is 0.630. The van der Waals surface area contributed by atoms with Crippen LogP contribution < -0.4 is 0 Å². The van der Waals surface area contributed by atoms with Crippen LogP contribution in [0.25, 0.3) is 216 Å². The molecule has 8 nitrogen and oxygen atoms in total. The van der Waals surface area contributed by atoms with Crippen molar-refractivity contribution in [1.29, 1.82) is 0 Å². The molecule has 8 heteroatoms. The number of hydrogen-bond acceptors (Lipinski definition) is 5. The van der Waals surface area contributed by atoms with E-state index in [2.05, 4.69) is 311 Å². The second-order valence-electron chi connectivity index (χ2n) is 26.8. The number of aromatic nitrogens is 5. The topological polar surface area (TPSA) is 80.0 Å². The number of nitrogens with zero attached hydrogens (tertiary/aromatic N) is 5. The smallest absolute Gasteiger partial charge is 0.160 e. The Bertz CT molecular complexity index is 6540. The summed E-state index contributed by atoms with van der Waals surface area (Å²) in [7, 11) is 0. The van der Waals surface area contributed by atoms with Gasteiger partial charge in [0.2, 0.25) is 0 Å². The molecule has 22 aromatic rings. The molecule has 0 saturated heterocycles. The lowest BCUT2D eigenvalue weighted by atomic mass is 10.0. The maximum atomic E-state index is 6.35. The lowest BCUT2D eigenvalue weighted by molar-refractivity contribution is 0.668. The molecule has 0 saturated carbocycles. The average Bonchev–Trinajstić information content (AvgIpc) is 1.60. The quantitative estimate of drug-likeness (QED) is 0.144. The first kappa shape index (κ1) is 56.2. The third-order valence-corrected chi connectivity index (χ3v) is 21.1. The molecule has 7 aromatic heterocycles. The van der Waals surface area contributed by atoms with Crippen LogP contribution >= 0.6 is 0 Å². The first-order valence-corrected chi connectivity index (χ1v) is 34.6. The average molecular weight is 1300 g/mol. The Kier molecular flexibility index (Phi) is 12.0. The van der Waals surface area contributed by atoms with Gasteiger partial charge in [0.05, 0.1) is 44.5 Å². The predicted octanol–water partition coefficient (Wildman–Crippen LogP) is 25.5. The number of hydrogen-bond donors (Lipinski definition) is 0. The fourth-order valence-corrected chi connectivity index (χ4v) is 16.2. The molecule has 22 rings (SSSR count). The first-order chi connectivity index (χ1) is 50.5. The van der Waals surface area contributed by atoms with Gasteiger partial charge in [0.1, 0.15) is 33.5 Å². The molecule has 0 fully saturated rings. The van der Waals surface area contributed by atoms with Crippen molar-refractivity contribution in [3.8, 4) is 84.3 Å². The molecule has 7 heterocycles. The standard InChI is InChI=1S/C94H55N5O3/c1-7-19-82-68(13-1)77-49-59(62-31-43-74-71-16-4-10-22-88(71)100-91(74)52-62)34-46-85(77)97(82)65-37-25-56(26-38-65)80-55-81(57-27-39-66(40-28-57)98-83-20-8-2-14-69(83)78-50-60(35-47-86(78)98)63-32-44-75-72-17-5-11-23-89(72)101-92(75)53-63)96-94(95-80)58-29-41-67(42-30-58)99-84-21-9-3-15-70(84)79-51-61(36-48-87(79)99)64-33-45-76-73-18-6-12-24-90(73)102-93(76)54-64/h1-55H. The van der Waals surface area contributed by atoms with Crippen molar-refractivity contribution in [2.45, 2.75) is 0 Å². The summed E-state index contributed by atoms with van der Waals surface area (Å²) in [6.07, 6.45) is 0. The van der Waals surface area contributed by atoms with E-state index in [9.17, 15) is 0 Å². The molecular formula is C94H55N5O3. The first-order valence-electron chi connectivity index (χ1n) is 34.6. The van der Waals surface area contributed by atoms with Gasteiger partial charge in [-0.15, -0.1) is 0 Å². The van der Waals surface area contributed by atoms with E-state index in [1.807, 2.05) is 36.4 Å². The fourth-order valence-electron chi connectivity index (χ4n) is 16.2. The molecule has 0 aliphatic rings. The molecule has 15 aromatic carbocycles. The largest absolute Gasteiger partial charge is 0.456 e. The van der Waals surface area contributed by atoms with Gasteiger partial charge < -0.3 is 27.0 Å². The van der Waals surface area contributed by atoms with Crippen LogP contribution in [0.15, 0.2) is 347 Å². The second-order valence-corrected chi connectivity index (χ2v) is 26.8. The zero-order valence-corrected chi connectivity index (χ0v) is 54.7. The highest BCUT2D eigenvalue weighted by Crippen LogP contribution is 2.43. The number of furan rings is 3. The number of benzene rings is 15. The Morgan fingerprint density at radius 3 is 0.775 bits per heavy atom. The molecule has 0 aliphatic heterocycles. The van der Waals surface area contributed by atoms with Gasteiger partial charge in [0.25, 0.3) is 0 Å². The SMILES string of the molecule is c1ccc2c(c1)oc1cc(-c3ccc4c(c3)c3ccccc3n4-c3ccc(-c4cc(-c5ccc(-n6c7ccccc7c7cc(-c8ccc9c(c8)oc8ccccc89)ccc76)cc5)nc(-c5ccc(-n6c7ccccc7c7cc(-c8ccc9c(c8)oc8ccccc89)ccc76)cc5)n4)cc3)ccc12. The van der Waals surface area contributed by atoms with Crippen LogP contribution in [0.2, 0.25) is 0 Å². The van der Waals surface area contributed by atoms with Gasteiger partial charge in [0.15, 0.2) is 5.82 Å². The Hall–Kier alpha value is -13.8. The third kappa shape index (κ3) is 8.69. The molecule has 102 heavy (non-hydrogen) atoms. The van der Waals surface area contributed by atoms with Gasteiger partial charge in [0, 0.05) is 98.4 Å². The summed E-state index contributed by atoms with van der Waals surface area (Å²) in [4.78, 5) is 10.9. The van der Waals surface area contributed by atoms with Crippen LogP contribution in [0.1, 0.15) is 0 Å². The van der Waals surface area contributed by atoms with E-state index >= 15 is 0 Å². The predicted molar refractivity (Wildman–Crippen MR) is 419 cm³/mol. The normalized spacial score (nSPS) is 12.1. The maximum Gasteiger partial charge on any atom is 0.160 e. The molecule has 0 N–H and O–H groups in total. The van der Waals surface area contributed by atoms with Crippen LogP contribution in [-0.2, 0) is 0 Å². The van der Waals surface area contributed by atoms with Crippen LogP contribution in [0, 0.1) is 0 Å². The maximum absolute atomic E-state index is 6.35. The van der Waals surface area contributed by atoms with E-state index in [0.717, 1.165) is 177 Å². The lowest BCUT2D eigenvalue weighted by Gasteiger charge is -2.13. The van der Waals surface area contributed by atoms with Crippen molar-refractivity contribution < 1.29 is 13.3 Å².